The van der Waals surface area contributed by atoms with Crippen molar-refractivity contribution in [3.05, 3.63) is 71.0 Å². The molecule has 3 N–H and O–H groups in total. The summed E-state index contributed by atoms with van der Waals surface area (Å²) >= 11 is 0. The van der Waals surface area contributed by atoms with E-state index in [4.69, 9.17) is 9.47 Å². The Morgan fingerprint density at radius 2 is 1.92 bits per heavy atom. The molecule has 6 rings (SSSR count). The summed E-state index contributed by atoms with van der Waals surface area (Å²) in [5, 5.41) is 11.7. The molecule has 0 aliphatic carbocycles. The lowest BCUT2D eigenvalue weighted by Crippen LogP contribution is -2.39. The lowest BCUT2D eigenvalue weighted by molar-refractivity contribution is 0.129. The summed E-state index contributed by atoms with van der Waals surface area (Å²) in [6, 6.07) is 14.9. The number of hydrogen-bond acceptors (Lipinski definition) is 7. The molecule has 4 heterocycles. The van der Waals surface area contributed by atoms with Gasteiger partial charge in [0.25, 0.3) is 0 Å². The predicted molar refractivity (Wildman–Crippen MR) is 141 cm³/mol. The zero-order valence-electron chi connectivity index (χ0n) is 20.8. The molecule has 36 heavy (non-hydrogen) atoms. The van der Waals surface area contributed by atoms with E-state index in [2.05, 4.69) is 69.1 Å². The summed E-state index contributed by atoms with van der Waals surface area (Å²) < 4.78 is 13.8. The highest BCUT2D eigenvalue weighted by Gasteiger charge is 2.23. The highest BCUT2D eigenvalue weighted by atomic mass is 16.5. The monoisotopic (exact) mass is 487 g/mol. The van der Waals surface area contributed by atoms with E-state index in [0.717, 1.165) is 73.1 Å². The molecule has 0 unspecified atom stereocenters. The largest absolute Gasteiger partial charge is 0.495 e. The quantitative estimate of drug-likeness (QED) is 0.490. The average Bonchev–Trinajstić information content (AvgIpc) is 3.48. The van der Waals surface area contributed by atoms with Gasteiger partial charge >= 0.3 is 0 Å². The number of para-hydroxylation sites is 1. The minimum absolute atomic E-state index is 0.318. The Kier molecular flexibility index (Phi) is 5.99. The fourth-order valence-corrected chi connectivity index (χ4v) is 5.42. The van der Waals surface area contributed by atoms with Crippen LogP contribution < -0.4 is 20.4 Å². The van der Waals surface area contributed by atoms with Crippen molar-refractivity contribution in [1.82, 2.24) is 14.7 Å². The van der Waals surface area contributed by atoms with Crippen LogP contribution in [0.3, 0.4) is 0 Å². The second-order valence-electron chi connectivity index (χ2n) is 9.74. The Hall–Kier alpha value is -3.62. The van der Waals surface area contributed by atoms with Crippen molar-refractivity contribution in [2.75, 3.05) is 44.3 Å². The molecule has 1 atom stereocenters. The first-order valence-corrected chi connectivity index (χ1v) is 12.7. The number of benzene rings is 2. The Balaban J connectivity index is 1.24. The summed E-state index contributed by atoms with van der Waals surface area (Å²) in [6.07, 6.45) is 6.56. The number of hydrazine groups is 2. The number of rotatable bonds is 6. The Morgan fingerprint density at radius 1 is 1.08 bits per heavy atom. The van der Waals surface area contributed by atoms with E-state index in [-0.39, 0.29) is 6.10 Å². The fraction of sp³-hybridized carbons (Fsp3) is 0.357. The molecule has 0 radical (unpaired) electrons. The molecule has 0 spiro atoms. The zero-order chi connectivity index (χ0) is 24.6. The van der Waals surface area contributed by atoms with Crippen LogP contribution in [-0.2, 0) is 19.3 Å². The van der Waals surface area contributed by atoms with Crippen LogP contribution in [0.1, 0.15) is 29.3 Å². The molecule has 0 saturated carbocycles. The Bertz CT molecular complexity index is 1300. The predicted octanol–water partition coefficient (Wildman–Crippen LogP) is 3.65. The molecule has 0 bridgehead atoms. The van der Waals surface area contributed by atoms with E-state index in [1.54, 1.807) is 7.11 Å². The second kappa shape index (κ2) is 9.44. The number of methoxy groups -OCH3 is 1. The van der Waals surface area contributed by atoms with Crippen LogP contribution >= 0.6 is 0 Å². The second-order valence-corrected chi connectivity index (χ2v) is 9.74. The van der Waals surface area contributed by atoms with Gasteiger partial charge in [0.2, 0.25) is 0 Å². The lowest BCUT2D eigenvalue weighted by Gasteiger charge is -2.30. The van der Waals surface area contributed by atoms with E-state index in [9.17, 15) is 5.11 Å². The summed E-state index contributed by atoms with van der Waals surface area (Å²) in [5.41, 5.74) is 14.9. The Morgan fingerprint density at radius 3 is 2.72 bits per heavy atom. The first-order chi connectivity index (χ1) is 17.6. The van der Waals surface area contributed by atoms with E-state index in [1.165, 1.54) is 16.7 Å². The van der Waals surface area contributed by atoms with Crippen molar-refractivity contribution in [2.45, 2.75) is 32.3 Å². The standard InChI is InChI=1S/C28H33N5O3/c1-19(34)18-31-12-8-21-16-25(27(35-2)17-22(21)9-13-31)29-32-14-10-23-6-7-26(33(23)30-32)24-5-3-4-20-11-15-36-28(20)24/h3-7,10,14,16-17,19,29-30,34H,8-9,11-13,15,18H2,1-2H3/t19-/m1/s1. The smallest absolute Gasteiger partial charge is 0.144 e. The van der Waals surface area contributed by atoms with Crippen LogP contribution in [0.2, 0.25) is 0 Å². The Labute approximate surface area is 211 Å². The molecule has 0 amide bonds. The van der Waals surface area contributed by atoms with Crippen LogP contribution in [0.5, 0.6) is 11.5 Å². The number of fused-ring (bicyclic) bond motifs is 3. The van der Waals surface area contributed by atoms with Gasteiger partial charge in [-0.3, -0.25) is 5.43 Å². The van der Waals surface area contributed by atoms with E-state index >= 15 is 0 Å². The topological polar surface area (TPSA) is 74.2 Å². The van der Waals surface area contributed by atoms with E-state index in [1.807, 2.05) is 18.2 Å². The number of aliphatic hydroxyl groups is 1. The third-order valence-electron chi connectivity index (χ3n) is 7.18. The summed E-state index contributed by atoms with van der Waals surface area (Å²) in [7, 11) is 1.71. The van der Waals surface area contributed by atoms with Gasteiger partial charge in [-0.25, -0.2) is 10.2 Å². The molecular formula is C28H33N5O3. The number of aliphatic hydroxyl groups excluding tert-OH is 1. The fourth-order valence-electron chi connectivity index (χ4n) is 5.42. The molecule has 8 heteroatoms. The van der Waals surface area contributed by atoms with Crippen LogP contribution in [0, 0.1) is 0 Å². The lowest BCUT2D eigenvalue weighted by atomic mass is 10.0. The van der Waals surface area contributed by atoms with Crippen molar-refractivity contribution in [3.8, 4) is 22.8 Å². The van der Waals surface area contributed by atoms with Crippen LogP contribution in [0.4, 0.5) is 5.69 Å². The van der Waals surface area contributed by atoms with Crippen LogP contribution in [-0.4, -0.2) is 59.3 Å². The average molecular weight is 488 g/mol. The first kappa shape index (κ1) is 22.8. The van der Waals surface area contributed by atoms with Gasteiger partial charge in [0, 0.05) is 37.8 Å². The minimum atomic E-state index is -0.318. The van der Waals surface area contributed by atoms with Gasteiger partial charge in [0.05, 0.1) is 36.9 Å². The molecule has 3 aliphatic heterocycles. The van der Waals surface area contributed by atoms with Crippen LogP contribution in [0.25, 0.3) is 17.3 Å². The van der Waals surface area contributed by atoms with Crippen molar-refractivity contribution >= 4 is 11.8 Å². The highest BCUT2D eigenvalue weighted by Crippen LogP contribution is 2.38. The highest BCUT2D eigenvalue weighted by molar-refractivity contribution is 5.73. The minimum Gasteiger partial charge on any atom is -0.495 e. The van der Waals surface area contributed by atoms with Gasteiger partial charge in [-0.1, -0.05) is 12.1 Å². The maximum atomic E-state index is 9.81. The summed E-state index contributed by atoms with van der Waals surface area (Å²) in [6.45, 7) is 5.16. The van der Waals surface area contributed by atoms with Crippen molar-refractivity contribution in [1.29, 1.82) is 0 Å². The SMILES string of the molecule is COc1cc2c(cc1NN1C=Cc3ccc(-c4cccc5c4OCC5)n3N1)CCN(C[C@@H](C)O)CC2. The van der Waals surface area contributed by atoms with Crippen molar-refractivity contribution < 1.29 is 14.6 Å². The van der Waals surface area contributed by atoms with Gasteiger partial charge in [0.15, 0.2) is 0 Å². The molecular weight excluding hydrogens is 454 g/mol. The molecule has 3 aromatic rings. The molecule has 0 saturated heterocycles. The van der Waals surface area contributed by atoms with Gasteiger partial charge < -0.3 is 19.5 Å². The van der Waals surface area contributed by atoms with Gasteiger partial charge in [-0.15, -0.1) is 0 Å². The third-order valence-corrected chi connectivity index (χ3v) is 7.18. The molecule has 2 aromatic carbocycles. The molecule has 0 fully saturated rings. The normalized spacial score (nSPS) is 17.4. The number of hydrogen-bond donors (Lipinski definition) is 3. The van der Waals surface area contributed by atoms with Crippen molar-refractivity contribution in [2.24, 2.45) is 0 Å². The van der Waals surface area contributed by atoms with Gasteiger partial charge in [-0.05, 0) is 72.9 Å². The maximum absolute atomic E-state index is 9.81. The number of anilines is 1. The molecule has 188 valence electrons. The van der Waals surface area contributed by atoms with E-state index < -0.39 is 0 Å². The van der Waals surface area contributed by atoms with Crippen molar-refractivity contribution in [3.63, 3.8) is 0 Å². The summed E-state index contributed by atoms with van der Waals surface area (Å²) in [4.78, 5) is 2.33. The molecule has 1 aromatic heterocycles. The summed E-state index contributed by atoms with van der Waals surface area (Å²) in [5.74, 6) is 1.78. The number of nitrogens with zero attached hydrogens (tertiary/aromatic N) is 3. The number of ether oxygens (including phenoxy) is 2. The van der Waals surface area contributed by atoms with E-state index in [0.29, 0.717) is 6.54 Å². The number of β-amino-alcohol motifs (C(OH)–C–C–N with tert-alkyl or cyclic N) is 1. The zero-order valence-corrected chi connectivity index (χ0v) is 20.8. The maximum Gasteiger partial charge on any atom is 0.144 e. The molecule has 8 nitrogen and oxygen atoms in total. The number of nitrogens with one attached hydrogen (secondary N) is 2. The molecule has 3 aliphatic rings. The third kappa shape index (κ3) is 4.27. The number of aromatic nitrogens is 1. The van der Waals surface area contributed by atoms with Crippen LogP contribution in [0.15, 0.2) is 48.7 Å². The van der Waals surface area contributed by atoms with Gasteiger partial charge in [-0.2, -0.15) is 5.12 Å². The first-order valence-electron chi connectivity index (χ1n) is 12.7. The van der Waals surface area contributed by atoms with Gasteiger partial charge in [0.1, 0.15) is 11.5 Å².